The van der Waals surface area contributed by atoms with E-state index in [1.165, 1.54) is 0 Å². The van der Waals surface area contributed by atoms with Gasteiger partial charge in [-0.2, -0.15) is 0 Å². The summed E-state index contributed by atoms with van der Waals surface area (Å²) in [5.41, 5.74) is 2.25. The molecule has 0 aliphatic heterocycles. The zero-order valence-electron chi connectivity index (χ0n) is 7.00. The summed E-state index contributed by atoms with van der Waals surface area (Å²) in [6, 6.07) is 0. The van der Waals surface area contributed by atoms with E-state index in [1.807, 2.05) is 0 Å². The zero-order valence-corrected chi connectivity index (χ0v) is 7.89. The maximum Gasteiger partial charge on any atom is 0.697 e. The van der Waals surface area contributed by atoms with E-state index >= 15 is 0 Å². The van der Waals surface area contributed by atoms with Gasteiger partial charge in [0.2, 0.25) is 0 Å². The van der Waals surface area contributed by atoms with Gasteiger partial charge in [-0.15, -0.1) is 14.8 Å². The van der Waals surface area contributed by atoms with Crippen molar-refractivity contribution in [3.63, 3.8) is 0 Å². The highest BCUT2D eigenvalue weighted by molar-refractivity contribution is 7.33. The molecule has 11 heavy (non-hydrogen) atoms. The lowest BCUT2D eigenvalue weighted by Gasteiger charge is -1.78. The second-order valence-corrected chi connectivity index (χ2v) is 2.27. The molecular formula is C7H14O3P+. The maximum absolute atomic E-state index is 10.3. The van der Waals surface area contributed by atoms with Crippen molar-refractivity contribution in [2.45, 2.75) is 13.8 Å². The lowest BCUT2D eigenvalue weighted by molar-refractivity contribution is 0.243. The molecule has 0 radical (unpaired) electrons. The molecule has 0 rings (SSSR count). The normalized spacial score (nSPS) is 7.45. The van der Waals surface area contributed by atoms with Crippen LogP contribution in [0.4, 0.5) is 0 Å². The quantitative estimate of drug-likeness (QED) is 0.489. The minimum Gasteiger partial charge on any atom is -0.137 e. The molecule has 0 N–H and O–H groups in total. The van der Waals surface area contributed by atoms with Gasteiger partial charge in [-0.3, -0.25) is 0 Å². The first-order valence-corrected chi connectivity index (χ1v) is 4.34. The molecule has 0 aliphatic carbocycles. The third kappa shape index (κ3) is 17.7. The molecule has 0 saturated carbocycles. The minimum atomic E-state index is -1.83. The fraction of sp³-hybridized carbons (Fsp3) is 0.571. The molecule has 0 aromatic heterocycles. The van der Waals surface area contributed by atoms with Gasteiger partial charge in [-0.05, 0) is 13.8 Å². The molecule has 0 spiro atoms. The summed E-state index contributed by atoms with van der Waals surface area (Å²) >= 11 is 0. The number of hydrogen-bond acceptors (Lipinski definition) is 3. The highest BCUT2D eigenvalue weighted by atomic mass is 31.1. The first kappa shape index (κ1) is 13.2. The molecule has 0 atom stereocenters. The Morgan fingerprint density at radius 3 is 1.73 bits per heavy atom. The summed E-state index contributed by atoms with van der Waals surface area (Å²) in [6.07, 6.45) is 0. The Morgan fingerprint density at radius 2 is 1.55 bits per heavy atom. The molecule has 0 unspecified atom stereocenters. The zero-order chi connectivity index (χ0) is 9.11. The third-order valence-corrected chi connectivity index (χ3v) is 1.41. The summed E-state index contributed by atoms with van der Waals surface area (Å²) in [5.74, 6) is 0. The molecule has 0 heterocycles. The maximum atomic E-state index is 10.3. The van der Waals surface area contributed by atoms with Gasteiger partial charge in [-0.1, -0.05) is 13.2 Å². The van der Waals surface area contributed by atoms with Gasteiger partial charge in [0, 0.05) is 4.57 Å². The predicted octanol–water partition coefficient (Wildman–Crippen LogP) is 2.67. The fourth-order valence-corrected chi connectivity index (χ4v) is 0.744. The largest absolute Gasteiger partial charge is 0.697 e. The Labute approximate surface area is 68.7 Å². The van der Waals surface area contributed by atoms with Crippen LogP contribution in [0.25, 0.3) is 0 Å². The van der Waals surface area contributed by atoms with E-state index < -0.39 is 8.25 Å². The lowest BCUT2D eigenvalue weighted by Crippen LogP contribution is -1.81. The van der Waals surface area contributed by atoms with E-state index in [1.54, 1.807) is 13.8 Å². The van der Waals surface area contributed by atoms with Gasteiger partial charge in [-0.25, -0.2) is 0 Å². The second kappa shape index (κ2) is 12.2. The van der Waals surface area contributed by atoms with Gasteiger partial charge >= 0.3 is 8.25 Å². The van der Waals surface area contributed by atoms with Gasteiger partial charge in [0.05, 0.1) is 0 Å². The standard InChI is InChI=1S/C4H10O3P.C3H4/c1-3-6-8(5)7-4-2;1-3-2/h3-4H2,1-2H3;1-2H2/q+1;. The van der Waals surface area contributed by atoms with Crippen molar-refractivity contribution in [3.8, 4) is 0 Å². The highest BCUT2D eigenvalue weighted by Crippen LogP contribution is 2.21. The van der Waals surface area contributed by atoms with Crippen molar-refractivity contribution < 1.29 is 13.6 Å². The second-order valence-electron chi connectivity index (χ2n) is 1.31. The minimum absolute atomic E-state index is 0.440. The number of hydrogen-bond donors (Lipinski definition) is 0. The van der Waals surface area contributed by atoms with Gasteiger partial charge in [0.1, 0.15) is 13.2 Å². The summed E-state index contributed by atoms with van der Waals surface area (Å²) in [6.45, 7) is 10.7. The Bertz CT molecular complexity index is 120. The monoisotopic (exact) mass is 177 g/mol. The smallest absolute Gasteiger partial charge is 0.137 e. The van der Waals surface area contributed by atoms with Crippen LogP contribution >= 0.6 is 8.25 Å². The summed E-state index contributed by atoms with van der Waals surface area (Å²) in [7, 11) is -1.83. The average Bonchev–Trinajstić information content (AvgIpc) is 1.90. The van der Waals surface area contributed by atoms with Gasteiger partial charge in [0.25, 0.3) is 0 Å². The molecule has 0 amide bonds. The van der Waals surface area contributed by atoms with E-state index in [4.69, 9.17) is 0 Å². The summed E-state index contributed by atoms with van der Waals surface area (Å²) < 4.78 is 19.5. The highest BCUT2D eigenvalue weighted by Gasteiger charge is 2.15. The Morgan fingerprint density at radius 1 is 1.27 bits per heavy atom. The Kier molecular flexibility index (Phi) is 14.6. The van der Waals surface area contributed by atoms with Crippen molar-refractivity contribution in [1.29, 1.82) is 0 Å². The molecule has 3 nitrogen and oxygen atoms in total. The van der Waals surface area contributed by atoms with Crippen LogP contribution in [-0.4, -0.2) is 13.2 Å². The summed E-state index contributed by atoms with van der Waals surface area (Å²) in [4.78, 5) is 0. The van der Waals surface area contributed by atoms with Crippen LogP contribution in [-0.2, 0) is 13.6 Å². The average molecular weight is 177 g/mol. The van der Waals surface area contributed by atoms with Crippen molar-refractivity contribution >= 4 is 8.25 Å². The van der Waals surface area contributed by atoms with E-state index in [0.29, 0.717) is 13.2 Å². The Balaban J connectivity index is 0. The van der Waals surface area contributed by atoms with Crippen molar-refractivity contribution in [2.75, 3.05) is 13.2 Å². The summed E-state index contributed by atoms with van der Waals surface area (Å²) in [5, 5.41) is 0. The van der Waals surface area contributed by atoms with Crippen LogP contribution < -0.4 is 0 Å². The molecule has 0 aromatic carbocycles. The topological polar surface area (TPSA) is 35.5 Å². The van der Waals surface area contributed by atoms with Crippen molar-refractivity contribution in [2.24, 2.45) is 0 Å². The molecule has 0 saturated heterocycles. The third-order valence-electron chi connectivity index (χ3n) is 0.469. The van der Waals surface area contributed by atoms with Gasteiger partial charge in [0.15, 0.2) is 0 Å². The lowest BCUT2D eigenvalue weighted by atomic mass is 10.9. The number of rotatable bonds is 4. The SMILES string of the molecule is C=C=C.CCO[P+](=O)OCC. The molecule has 4 heteroatoms. The van der Waals surface area contributed by atoms with Crippen LogP contribution in [0.2, 0.25) is 0 Å². The molecule has 0 aromatic rings. The van der Waals surface area contributed by atoms with Crippen molar-refractivity contribution in [1.82, 2.24) is 0 Å². The van der Waals surface area contributed by atoms with Crippen LogP contribution in [0, 0.1) is 0 Å². The molecule has 0 fully saturated rings. The molecule has 0 aliphatic rings. The van der Waals surface area contributed by atoms with Crippen molar-refractivity contribution in [3.05, 3.63) is 18.9 Å². The Hall–Kier alpha value is -0.460. The molecule has 0 bridgehead atoms. The molecular weight excluding hydrogens is 163 g/mol. The predicted molar refractivity (Wildman–Crippen MR) is 45.6 cm³/mol. The van der Waals surface area contributed by atoms with Crippen LogP contribution in [0.15, 0.2) is 18.9 Å². The van der Waals surface area contributed by atoms with Crippen LogP contribution in [0.5, 0.6) is 0 Å². The van der Waals surface area contributed by atoms with E-state index in [2.05, 4.69) is 27.9 Å². The first-order valence-electron chi connectivity index (χ1n) is 3.25. The van der Waals surface area contributed by atoms with Crippen LogP contribution in [0.1, 0.15) is 13.8 Å². The first-order chi connectivity index (χ1) is 5.22. The van der Waals surface area contributed by atoms with Crippen LogP contribution in [0.3, 0.4) is 0 Å². The van der Waals surface area contributed by atoms with E-state index in [9.17, 15) is 4.57 Å². The van der Waals surface area contributed by atoms with E-state index in [0.717, 1.165) is 0 Å². The van der Waals surface area contributed by atoms with E-state index in [-0.39, 0.29) is 0 Å². The fourth-order valence-electron chi connectivity index (χ4n) is 0.248. The molecule has 64 valence electrons. The van der Waals surface area contributed by atoms with Gasteiger partial charge < -0.3 is 0 Å².